The van der Waals surface area contributed by atoms with E-state index in [1.807, 2.05) is 25.1 Å². The second-order valence-corrected chi connectivity index (χ2v) is 6.02. The molecule has 6 heteroatoms. The van der Waals surface area contributed by atoms with E-state index in [4.69, 9.17) is 4.74 Å². The van der Waals surface area contributed by atoms with E-state index in [2.05, 4.69) is 9.88 Å². The number of hydrogen-bond donors (Lipinski definition) is 0. The summed E-state index contributed by atoms with van der Waals surface area (Å²) in [4.78, 5) is 30.7. The number of ether oxygens (including phenoxy) is 1. The topological polar surface area (TPSA) is 63.9 Å². The number of aromatic nitrogens is 2. The minimum Gasteiger partial charge on any atom is -0.469 e. The highest BCUT2D eigenvalue weighted by atomic mass is 16.5. The Morgan fingerprint density at radius 3 is 2.78 bits per heavy atom. The summed E-state index contributed by atoms with van der Waals surface area (Å²) in [7, 11) is 1.43. The number of nitrogens with zero attached hydrogens (tertiary/aromatic N) is 3. The van der Waals surface area contributed by atoms with Gasteiger partial charge in [0.15, 0.2) is 0 Å². The third-order valence-electron chi connectivity index (χ3n) is 4.44. The highest BCUT2D eigenvalue weighted by Crippen LogP contribution is 2.19. The molecule has 1 aliphatic heterocycles. The van der Waals surface area contributed by atoms with Gasteiger partial charge in [0, 0.05) is 18.3 Å². The highest BCUT2D eigenvalue weighted by molar-refractivity contribution is 5.72. The van der Waals surface area contributed by atoms with Crippen molar-refractivity contribution in [1.82, 2.24) is 14.3 Å². The zero-order valence-corrected chi connectivity index (χ0v) is 13.5. The first-order valence-electron chi connectivity index (χ1n) is 7.87. The third-order valence-corrected chi connectivity index (χ3v) is 4.44. The van der Waals surface area contributed by atoms with Crippen LogP contribution in [0, 0.1) is 12.8 Å². The normalized spacial score (nSPS) is 16.6. The van der Waals surface area contributed by atoms with Gasteiger partial charge in [0.05, 0.1) is 18.7 Å². The average molecular weight is 315 g/mol. The molecular formula is C17H21N3O3. The van der Waals surface area contributed by atoms with E-state index in [1.165, 1.54) is 7.11 Å². The fourth-order valence-corrected chi connectivity index (χ4v) is 3.17. The van der Waals surface area contributed by atoms with Crippen molar-refractivity contribution >= 4 is 11.6 Å². The number of pyridine rings is 1. The average Bonchev–Trinajstić information content (AvgIpc) is 2.54. The number of methoxy groups -OCH3 is 1. The smallest absolute Gasteiger partial charge is 0.308 e. The summed E-state index contributed by atoms with van der Waals surface area (Å²) in [6, 6.07) is 7.25. The molecule has 1 saturated heterocycles. The molecule has 3 rings (SSSR count). The molecule has 0 aliphatic carbocycles. The van der Waals surface area contributed by atoms with Gasteiger partial charge in [-0.05, 0) is 45.0 Å². The van der Waals surface area contributed by atoms with Crippen LogP contribution in [0.2, 0.25) is 0 Å². The van der Waals surface area contributed by atoms with E-state index in [1.54, 1.807) is 10.5 Å². The fraction of sp³-hybridized carbons (Fsp3) is 0.471. The van der Waals surface area contributed by atoms with E-state index >= 15 is 0 Å². The zero-order valence-electron chi connectivity index (χ0n) is 13.5. The van der Waals surface area contributed by atoms with Crippen LogP contribution in [0.3, 0.4) is 0 Å². The van der Waals surface area contributed by atoms with Crippen molar-refractivity contribution < 1.29 is 9.53 Å². The van der Waals surface area contributed by atoms with Crippen LogP contribution in [0.5, 0.6) is 0 Å². The minimum absolute atomic E-state index is 0.00547. The summed E-state index contributed by atoms with van der Waals surface area (Å²) in [5.74, 6) is -0.128. The SMILES string of the molecule is COC(=O)C1CCN(Cc2cc(=O)n3c(C)cccc3n2)CC1. The molecule has 1 aliphatic rings. The number of piperidine rings is 1. The molecule has 3 heterocycles. The van der Waals surface area contributed by atoms with Crippen LogP contribution in [0.25, 0.3) is 5.65 Å². The Labute approximate surface area is 134 Å². The molecule has 0 aromatic carbocycles. The monoisotopic (exact) mass is 315 g/mol. The lowest BCUT2D eigenvalue weighted by Crippen LogP contribution is -2.36. The molecule has 6 nitrogen and oxygen atoms in total. The Balaban J connectivity index is 1.73. The number of aryl methyl sites for hydroxylation is 1. The van der Waals surface area contributed by atoms with E-state index < -0.39 is 0 Å². The summed E-state index contributed by atoms with van der Waals surface area (Å²) in [6.07, 6.45) is 1.58. The van der Waals surface area contributed by atoms with Crippen LogP contribution in [0.15, 0.2) is 29.1 Å². The van der Waals surface area contributed by atoms with Crippen molar-refractivity contribution in [3.05, 3.63) is 46.0 Å². The number of hydrogen-bond acceptors (Lipinski definition) is 5. The van der Waals surface area contributed by atoms with Gasteiger partial charge < -0.3 is 4.74 Å². The molecule has 0 amide bonds. The molecule has 122 valence electrons. The van der Waals surface area contributed by atoms with Crippen molar-refractivity contribution in [2.24, 2.45) is 5.92 Å². The Morgan fingerprint density at radius 2 is 2.09 bits per heavy atom. The Bertz CT molecular complexity index is 776. The van der Waals surface area contributed by atoms with Gasteiger partial charge in [0.1, 0.15) is 5.65 Å². The van der Waals surface area contributed by atoms with Gasteiger partial charge in [-0.2, -0.15) is 0 Å². The van der Waals surface area contributed by atoms with Gasteiger partial charge in [0.25, 0.3) is 5.56 Å². The molecule has 0 N–H and O–H groups in total. The van der Waals surface area contributed by atoms with Gasteiger partial charge in [-0.25, -0.2) is 4.98 Å². The Kier molecular flexibility index (Phi) is 4.43. The summed E-state index contributed by atoms with van der Waals surface area (Å²) in [6.45, 7) is 4.16. The minimum atomic E-state index is -0.123. The van der Waals surface area contributed by atoms with E-state index in [-0.39, 0.29) is 17.4 Å². The van der Waals surface area contributed by atoms with Crippen LogP contribution in [-0.2, 0) is 16.1 Å². The van der Waals surface area contributed by atoms with E-state index in [9.17, 15) is 9.59 Å². The van der Waals surface area contributed by atoms with Crippen LogP contribution < -0.4 is 5.56 Å². The fourth-order valence-electron chi connectivity index (χ4n) is 3.17. The van der Waals surface area contributed by atoms with Gasteiger partial charge in [0.2, 0.25) is 0 Å². The molecule has 1 fully saturated rings. The molecule has 0 saturated carbocycles. The van der Waals surface area contributed by atoms with Crippen molar-refractivity contribution in [2.75, 3.05) is 20.2 Å². The largest absolute Gasteiger partial charge is 0.469 e. The first-order chi connectivity index (χ1) is 11.1. The standard InChI is InChI=1S/C17H21N3O3/c1-12-4-3-5-15-18-14(10-16(21)20(12)15)11-19-8-6-13(7-9-19)17(22)23-2/h3-5,10,13H,6-9,11H2,1-2H3. The van der Waals surface area contributed by atoms with Gasteiger partial charge >= 0.3 is 5.97 Å². The summed E-state index contributed by atoms with van der Waals surface area (Å²) in [5, 5.41) is 0. The second-order valence-electron chi connectivity index (χ2n) is 6.02. The number of likely N-dealkylation sites (tertiary alicyclic amines) is 1. The zero-order chi connectivity index (χ0) is 16.4. The van der Waals surface area contributed by atoms with Gasteiger partial charge in [-0.15, -0.1) is 0 Å². The van der Waals surface area contributed by atoms with Crippen LogP contribution in [0.4, 0.5) is 0 Å². The Morgan fingerprint density at radius 1 is 1.35 bits per heavy atom. The maximum Gasteiger partial charge on any atom is 0.308 e. The quantitative estimate of drug-likeness (QED) is 0.801. The predicted octanol–water partition coefficient (Wildman–Crippen LogP) is 1.39. The highest BCUT2D eigenvalue weighted by Gasteiger charge is 2.25. The lowest BCUT2D eigenvalue weighted by Gasteiger charge is -2.30. The van der Waals surface area contributed by atoms with Gasteiger partial charge in [-0.1, -0.05) is 6.07 Å². The van der Waals surface area contributed by atoms with Crippen LogP contribution >= 0.6 is 0 Å². The molecule has 0 atom stereocenters. The van der Waals surface area contributed by atoms with Crippen LogP contribution in [-0.4, -0.2) is 40.5 Å². The molecule has 0 spiro atoms. The van der Waals surface area contributed by atoms with Crippen LogP contribution in [0.1, 0.15) is 24.2 Å². The Hall–Kier alpha value is -2.21. The third kappa shape index (κ3) is 3.27. The van der Waals surface area contributed by atoms with Crippen molar-refractivity contribution in [1.29, 1.82) is 0 Å². The lowest BCUT2D eigenvalue weighted by molar-refractivity contribution is -0.147. The maximum atomic E-state index is 12.3. The summed E-state index contributed by atoms with van der Waals surface area (Å²) < 4.78 is 6.42. The maximum absolute atomic E-state index is 12.3. The van der Waals surface area contributed by atoms with Crippen molar-refractivity contribution in [3.8, 4) is 0 Å². The predicted molar refractivity (Wildman–Crippen MR) is 86.2 cm³/mol. The lowest BCUT2D eigenvalue weighted by atomic mass is 9.97. The number of carbonyl (C=O) groups is 1. The molecule has 2 aromatic rings. The second kappa shape index (κ2) is 6.50. The molecule has 0 unspecified atom stereocenters. The number of carbonyl (C=O) groups excluding carboxylic acids is 1. The summed E-state index contributed by atoms with van der Waals surface area (Å²) in [5.41, 5.74) is 2.28. The van der Waals surface area contributed by atoms with E-state index in [0.717, 1.165) is 37.3 Å². The molecule has 0 radical (unpaired) electrons. The number of fused-ring (bicyclic) bond motifs is 1. The molecule has 2 aromatic heterocycles. The molecule has 23 heavy (non-hydrogen) atoms. The number of esters is 1. The first kappa shape index (κ1) is 15.7. The molecular weight excluding hydrogens is 294 g/mol. The van der Waals surface area contributed by atoms with Gasteiger partial charge in [-0.3, -0.25) is 18.9 Å². The van der Waals surface area contributed by atoms with Crippen molar-refractivity contribution in [2.45, 2.75) is 26.3 Å². The first-order valence-corrected chi connectivity index (χ1v) is 7.87. The summed E-state index contributed by atoms with van der Waals surface area (Å²) >= 11 is 0. The van der Waals surface area contributed by atoms with Crippen molar-refractivity contribution in [3.63, 3.8) is 0 Å². The van der Waals surface area contributed by atoms with E-state index in [0.29, 0.717) is 12.2 Å². The number of rotatable bonds is 3. The molecule has 0 bridgehead atoms.